The lowest BCUT2D eigenvalue weighted by Crippen LogP contribution is -2.41. The molecule has 1 spiro atoms. The van der Waals surface area contributed by atoms with E-state index >= 15 is 0 Å². The number of aromatic nitrogens is 4. The fraction of sp³-hybridized carbons (Fsp3) is 0.529. The maximum atomic E-state index is 5.56. The molecule has 2 aliphatic rings. The molecule has 2 aromatic rings. The molecule has 23 heavy (non-hydrogen) atoms. The van der Waals surface area contributed by atoms with E-state index in [1.54, 1.807) is 24.8 Å². The largest absolute Gasteiger partial charge is 0.381 e. The SMILES string of the molecule is c1cnc(-c2ccnc(N[C@H]3CCCC34CCOCC4)n2)cn1. The van der Waals surface area contributed by atoms with Crippen LogP contribution in [0.4, 0.5) is 5.95 Å². The maximum Gasteiger partial charge on any atom is 0.223 e. The Hall–Kier alpha value is -2.08. The van der Waals surface area contributed by atoms with Crippen LogP contribution in [0.25, 0.3) is 11.4 Å². The first-order chi connectivity index (χ1) is 11.4. The standard InChI is InChI=1S/C17H21N5O/c1-2-15(17(4-1)5-10-23-11-6-17)22-16-20-7-3-13(21-16)14-12-18-8-9-19-14/h3,7-9,12,15H,1-2,4-6,10-11H2,(H,20,21,22)/t15-/m0/s1. The number of rotatable bonds is 3. The second-order valence-electron chi connectivity index (χ2n) is 6.42. The number of hydrogen-bond acceptors (Lipinski definition) is 6. The third-order valence-corrected chi connectivity index (χ3v) is 5.18. The van der Waals surface area contributed by atoms with Crippen molar-refractivity contribution in [1.82, 2.24) is 19.9 Å². The van der Waals surface area contributed by atoms with Crippen LogP contribution in [0.1, 0.15) is 32.1 Å². The van der Waals surface area contributed by atoms with Crippen LogP contribution in [0.5, 0.6) is 0 Å². The van der Waals surface area contributed by atoms with Crippen LogP contribution in [0.15, 0.2) is 30.9 Å². The highest BCUT2D eigenvalue weighted by Crippen LogP contribution is 2.46. The molecular weight excluding hydrogens is 290 g/mol. The minimum atomic E-state index is 0.351. The first kappa shape index (κ1) is 14.5. The topological polar surface area (TPSA) is 72.8 Å². The van der Waals surface area contributed by atoms with Crippen molar-refractivity contribution in [2.45, 2.75) is 38.1 Å². The second-order valence-corrected chi connectivity index (χ2v) is 6.42. The lowest BCUT2D eigenvalue weighted by molar-refractivity contribution is 0.0133. The van der Waals surface area contributed by atoms with Gasteiger partial charge in [-0.05, 0) is 37.2 Å². The molecule has 6 nitrogen and oxygen atoms in total. The molecule has 2 fully saturated rings. The summed E-state index contributed by atoms with van der Waals surface area (Å²) < 4.78 is 5.56. The average Bonchev–Trinajstić information content (AvgIpc) is 2.98. The number of hydrogen-bond donors (Lipinski definition) is 1. The summed E-state index contributed by atoms with van der Waals surface area (Å²) in [4.78, 5) is 17.4. The predicted molar refractivity (Wildman–Crippen MR) is 86.8 cm³/mol. The lowest BCUT2D eigenvalue weighted by atomic mass is 9.75. The summed E-state index contributed by atoms with van der Waals surface area (Å²) in [5, 5.41) is 3.59. The molecular formula is C17H21N5O. The first-order valence-corrected chi connectivity index (χ1v) is 8.29. The zero-order chi connectivity index (χ0) is 15.5. The van der Waals surface area contributed by atoms with Gasteiger partial charge in [0.2, 0.25) is 5.95 Å². The van der Waals surface area contributed by atoms with Crippen molar-refractivity contribution in [2.24, 2.45) is 5.41 Å². The number of anilines is 1. The van der Waals surface area contributed by atoms with Crippen molar-refractivity contribution in [3.63, 3.8) is 0 Å². The van der Waals surface area contributed by atoms with Crippen LogP contribution in [0.3, 0.4) is 0 Å². The summed E-state index contributed by atoms with van der Waals surface area (Å²) in [7, 11) is 0. The van der Waals surface area contributed by atoms with E-state index in [1.807, 2.05) is 6.07 Å². The van der Waals surface area contributed by atoms with Crippen LogP contribution in [-0.4, -0.2) is 39.2 Å². The Morgan fingerprint density at radius 2 is 1.96 bits per heavy atom. The van der Waals surface area contributed by atoms with Crippen molar-refractivity contribution in [1.29, 1.82) is 0 Å². The van der Waals surface area contributed by atoms with E-state index in [0.29, 0.717) is 17.4 Å². The van der Waals surface area contributed by atoms with Crippen LogP contribution in [0, 0.1) is 5.41 Å². The van der Waals surface area contributed by atoms with Crippen LogP contribution in [0.2, 0.25) is 0 Å². The molecule has 2 aromatic heterocycles. The van der Waals surface area contributed by atoms with Crippen molar-refractivity contribution in [3.8, 4) is 11.4 Å². The van der Waals surface area contributed by atoms with Crippen LogP contribution in [-0.2, 0) is 4.74 Å². The molecule has 0 aromatic carbocycles. The Labute approximate surface area is 135 Å². The smallest absolute Gasteiger partial charge is 0.223 e. The third-order valence-electron chi connectivity index (χ3n) is 5.18. The number of nitrogens with one attached hydrogen (secondary N) is 1. The molecule has 6 heteroatoms. The van der Waals surface area contributed by atoms with E-state index in [-0.39, 0.29) is 0 Å². The molecule has 1 aliphatic carbocycles. The summed E-state index contributed by atoms with van der Waals surface area (Å²) in [6, 6.07) is 2.30. The molecule has 4 rings (SSSR count). The number of ether oxygens (including phenoxy) is 1. The fourth-order valence-electron chi connectivity index (χ4n) is 3.90. The van der Waals surface area contributed by atoms with Crippen molar-refractivity contribution >= 4 is 5.95 Å². The van der Waals surface area contributed by atoms with Gasteiger partial charge in [-0.25, -0.2) is 9.97 Å². The van der Waals surface area contributed by atoms with Crippen molar-refractivity contribution in [2.75, 3.05) is 18.5 Å². The summed E-state index contributed by atoms with van der Waals surface area (Å²) in [6.07, 6.45) is 12.8. The predicted octanol–water partition coefficient (Wildman–Crippen LogP) is 2.69. The molecule has 0 unspecified atom stereocenters. The second kappa shape index (κ2) is 6.20. The summed E-state index contributed by atoms with van der Waals surface area (Å²) in [5.74, 6) is 0.686. The highest BCUT2D eigenvalue weighted by molar-refractivity contribution is 5.53. The van der Waals surface area contributed by atoms with Gasteiger partial charge < -0.3 is 10.1 Å². The minimum Gasteiger partial charge on any atom is -0.381 e. The van der Waals surface area contributed by atoms with Gasteiger partial charge in [-0.2, -0.15) is 0 Å². The van der Waals surface area contributed by atoms with E-state index in [4.69, 9.17) is 4.74 Å². The van der Waals surface area contributed by atoms with Gasteiger partial charge in [0.15, 0.2) is 0 Å². The Bertz CT molecular complexity index is 657. The molecule has 1 atom stereocenters. The summed E-state index contributed by atoms with van der Waals surface area (Å²) in [6.45, 7) is 1.75. The fourth-order valence-corrected chi connectivity index (χ4v) is 3.90. The maximum absolute atomic E-state index is 5.56. The lowest BCUT2D eigenvalue weighted by Gasteiger charge is -2.39. The summed E-state index contributed by atoms with van der Waals surface area (Å²) >= 11 is 0. The Morgan fingerprint density at radius 3 is 2.78 bits per heavy atom. The minimum absolute atomic E-state index is 0.351. The van der Waals surface area contributed by atoms with Gasteiger partial charge in [0.05, 0.1) is 11.9 Å². The van der Waals surface area contributed by atoms with Gasteiger partial charge in [0.1, 0.15) is 5.69 Å². The van der Waals surface area contributed by atoms with Crippen LogP contribution >= 0.6 is 0 Å². The zero-order valence-electron chi connectivity index (χ0n) is 13.1. The molecule has 1 saturated heterocycles. The van der Waals surface area contributed by atoms with E-state index in [2.05, 4.69) is 25.3 Å². The summed E-state index contributed by atoms with van der Waals surface area (Å²) in [5.41, 5.74) is 1.92. The third kappa shape index (κ3) is 2.91. The molecule has 0 amide bonds. The van der Waals surface area contributed by atoms with Crippen LogP contribution < -0.4 is 5.32 Å². The number of nitrogens with zero attached hydrogens (tertiary/aromatic N) is 4. The molecule has 1 N–H and O–H groups in total. The average molecular weight is 311 g/mol. The van der Waals surface area contributed by atoms with Gasteiger partial charge >= 0.3 is 0 Å². The van der Waals surface area contributed by atoms with E-state index in [0.717, 1.165) is 37.4 Å². The molecule has 120 valence electrons. The highest BCUT2D eigenvalue weighted by atomic mass is 16.5. The molecule has 0 radical (unpaired) electrons. The van der Waals surface area contributed by atoms with Gasteiger partial charge in [-0.1, -0.05) is 6.42 Å². The van der Waals surface area contributed by atoms with E-state index < -0.39 is 0 Å². The van der Waals surface area contributed by atoms with Gasteiger partial charge in [0, 0.05) is 37.8 Å². The molecule has 3 heterocycles. The Balaban J connectivity index is 1.55. The zero-order valence-corrected chi connectivity index (χ0v) is 13.1. The Kier molecular flexibility index (Phi) is 3.91. The van der Waals surface area contributed by atoms with Crippen molar-refractivity contribution < 1.29 is 4.74 Å². The van der Waals surface area contributed by atoms with Gasteiger partial charge in [-0.3, -0.25) is 9.97 Å². The molecule has 0 bridgehead atoms. The van der Waals surface area contributed by atoms with E-state index in [9.17, 15) is 0 Å². The monoisotopic (exact) mass is 311 g/mol. The van der Waals surface area contributed by atoms with Crippen molar-refractivity contribution in [3.05, 3.63) is 30.9 Å². The quantitative estimate of drug-likeness (QED) is 0.939. The van der Waals surface area contributed by atoms with Gasteiger partial charge in [0.25, 0.3) is 0 Å². The molecule has 1 saturated carbocycles. The molecule has 1 aliphatic heterocycles. The first-order valence-electron chi connectivity index (χ1n) is 8.29. The van der Waals surface area contributed by atoms with Gasteiger partial charge in [-0.15, -0.1) is 0 Å². The highest BCUT2D eigenvalue weighted by Gasteiger charge is 2.44. The Morgan fingerprint density at radius 1 is 1.04 bits per heavy atom. The van der Waals surface area contributed by atoms with E-state index in [1.165, 1.54) is 19.3 Å². The normalized spacial score (nSPS) is 23.0.